The number of hydrogen-bond donors (Lipinski definition) is 4. The van der Waals surface area contributed by atoms with Crippen LogP contribution in [0.15, 0.2) is 0 Å². The summed E-state index contributed by atoms with van der Waals surface area (Å²) in [6.45, 7) is 6.48. The van der Waals surface area contributed by atoms with Gasteiger partial charge < -0.3 is 25.2 Å². The first kappa shape index (κ1) is 30.8. The third-order valence-electron chi connectivity index (χ3n) is 11.0. The van der Waals surface area contributed by atoms with Crippen molar-refractivity contribution in [1.29, 1.82) is 0 Å². The fraction of sp³-hybridized carbons (Fsp3) is 0.962. The third-order valence-corrected chi connectivity index (χ3v) is 11.7. The van der Waals surface area contributed by atoms with E-state index in [4.69, 9.17) is 0 Å². The molecular weight excluding hydrogens is 493 g/mol. The maximum atomic E-state index is 12.2. The SMILES string of the molecule is C[C@H](CCC(=O)NCCS(=O)(=O)[O-])[C@@H]1CC[C@H]2[C@@H]3[C@@H](C[C@@H](O)[C@@]21C)[C@@]1(C)CC[C@H](O)C[C@@H]1C[C@@H]3O.[Na+]. The van der Waals surface area contributed by atoms with Gasteiger partial charge in [-0.3, -0.25) is 4.79 Å². The summed E-state index contributed by atoms with van der Waals surface area (Å²) in [6, 6.07) is 0. The minimum absolute atomic E-state index is 0. The molecule has 202 valence electrons. The molecule has 4 aliphatic rings. The van der Waals surface area contributed by atoms with Crippen molar-refractivity contribution in [2.45, 2.75) is 96.9 Å². The molecular formula is C26H44NNaO7S. The molecule has 36 heavy (non-hydrogen) atoms. The van der Waals surface area contributed by atoms with Gasteiger partial charge in [0.25, 0.3) is 0 Å². The number of aliphatic hydroxyl groups excluding tert-OH is 3. The van der Waals surface area contributed by atoms with Crippen molar-refractivity contribution in [3.8, 4) is 0 Å². The Bertz CT molecular complexity index is 903. The van der Waals surface area contributed by atoms with Crippen molar-refractivity contribution >= 4 is 16.0 Å². The van der Waals surface area contributed by atoms with E-state index in [9.17, 15) is 33.1 Å². The van der Waals surface area contributed by atoms with Crippen molar-refractivity contribution in [2.75, 3.05) is 12.3 Å². The number of nitrogens with one attached hydrogen (secondary N) is 1. The number of amides is 1. The molecule has 0 spiro atoms. The van der Waals surface area contributed by atoms with Crippen LogP contribution in [0.25, 0.3) is 0 Å². The summed E-state index contributed by atoms with van der Waals surface area (Å²) in [5.41, 5.74) is -0.267. The standard InChI is InChI=1S/C26H45NO7S.Na/c1-15(4-7-23(31)27-10-11-35(32,33)34)18-5-6-19-24-20(14-22(30)26(18,19)3)25(2)9-8-17(28)12-16(25)13-21(24)29;/h15-22,24,28-30H,4-14H2,1-3H3,(H,27,31)(H,32,33,34);/q;+1/p-1/t15-,16-,17+,18+,19+,20-,21+,22-,24-,25+,26-;/m1./s1. The molecule has 4 aliphatic carbocycles. The average molecular weight is 538 g/mol. The van der Waals surface area contributed by atoms with Gasteiger partial charge in [0.05, 0.1) is 34.2 Å². The van der Waals surface area contributed by atoms with Gasteiger partial charge in [-0.25, -0.2) is 8.42 Å². The Hall–Kier alpha value is 0.260. The summed E-state index contributed by atoms with van der Waals surface area (Å²) in [7, 11) is -4.35. The van der Waals surface area contributed by atoms with Crippen LogP contribution in [0.2, 0.25) is 0 Å². The molecule has 0 saturated heterocycles. The Labute approximate surface area is 238 Å². The molecule has 0 bridgehead atoms. The molecule has 8 nitrogen and oxygen atoms in total. The number of carbonyl (C=O) groups excluding carboxylic acids is 1. The second-order valence-electron chi connectivity index (χ2n) is 12.7. The number of aliphatic hydroxyl groups is 3. The van der Waals surface area contributed by atoms with Crippen LogP contribution < -0.4 is 34.9 Å². The largest absolute Gasteiger partial charge is 1.00 e. The molecule has 0 aliphatic heterocycles. The number of fused-ring (bicyclic) bond motifs is 5. The predicted octanol–water partition coefficient (Wildman–Crippen LogP) is -0.970. The minimum Gasteiger partial charge on any atom is -0.748 e. The second-order valence-corrected chi connectivity index (χ2v) is 14.2. The van der Waals surface area contributed by atoms with Gasteiger partial charge in [-0.1, -0.05) is 20.8 Å². The van der Waals surface area contributed by atoms with Gasteiger partial charge in [0.1, 0.15) is 0 Å². The van der Waals surface area contributed by atoms with Crippen LogP contribution in [0.1, 0.15) is 78.6 Å². The van der Waals surface area contributed by atoms with Crippen molar-refractivity contribution in [3.63, 3.8) is 0 Å². The van der Waals surface area contributed by atoms with Gasteiger partial charge >= 0.3 is 29.6 Å². The fourth-order valence-electron chi connectivity index (χ4n) is 9.10. The Morgan fingerprint density at radius 3 is 2.44 bits per heavy atom. The minimum atomic E-state index is -4.35. The van der Waals surface area contributed by atoms with Gasteiger partial charge in [0, 0.05) is 13.0 Å². The molecule has 0 heterocycles. The summed E-state index contributed by atoms with van der Waals surface area (Å²) >= 11 is 0. The Kier molecular flexibility index (Phi) is 9.75. The van der Waals surface area contributed by atoms with Crippen molar-refractivity contribution in [3.05, 3.63) is 0 Å². The summed E-state index contributed by atoms with van der Waals surface area (Å²) in [6.07, 6.45) is 5.58. The van der Waals surface area contributed by atoms with E-state index in [2.05, 4.69) is 26.1 Å². The zero-order valence-electron chi connectivity index (χ0n) is 22.4. The first-order valence-corrected chi connectivity index (χ1v) is 15.1. The number of carbonyl (C=O) groups is 1. The molecule has 4 N–H and O–H groups in total. The first-order valence-electron chi connectivity index (χ1n) is 13.5. The molecule has 10 heteroatoms. The predicted molar refractivity (Wildman–Crippen MR) is 130 cm³/mol. The summed E-state index contributed by atoms with van der Waals surface area (Å²) in [4.78, 5) is 12.2. The van der Waals surface area contributed by atoms with Crippen LogP contribution in [-0.4, -0.2) is 64.8 Å². The van der Waals surface area contributed by atoms with Gasteiger partial charge in [0.15, 0.2) is 0 Å². The smallest absolute Gasteiger partial charge is 0.748 e. The Morgan fingerprint density at radius 2 is 1.78 bits per heavy atom. The Balaban J connectivity index is 0.00000361. The Morgan fingerprint density at radius 1 is 1.08 bits per heavy atom. The maximum absolute atomic E-state index is 12.2. The quantitative estimate of drug-likeness (QED) is 0.241. The van der Waals surface area contributed by atoms with Crippen LogP contribution >= 0.6 is 0 Å². The molecule has 0 unspecified atom stereocenters. The normalized spacial score (nSPS) is 45.0. The van der Waals surface area contributed by atoms with E-state index in [0.717, 1.165) is 38.5 Å². The fourth-order valence-corrected chi connectivity index (χ4v) is 9.45. The maximum Gasteiger partial charge on any atom is 1.00 e. The van der Waals surface area contributed by atoms with E-state index < -0.39 is 28.1 Å². The van der Waals surface area contributed by atoms with Crippen molar-refractivity contribution in [2.24, 2.45) is 46.3 Å². The molecule has 0 aromatic heterocycles. The average Bonchev–Trinajstić information content (AvgIpc) is 3.12. The molecule has 11 atom stereocenters. The van der Waals surface area contributed by atoms with Crippen LogP contribution in [0.3, 0.4) is 0 Å². The van der Waals surface area contributed by atoms with E-state index in [1.54, 1.807) is 0 Å². The zero-order valence-corrected chi connectivity index (χ0v) is 25.2. The second kappa shape index (κ2) is 11.4. The number of hydrogen-bond acceptors (Lipinski definition) is 7. The molecule has 1 amide bonds. The van der Waals surface area contributed by atoms with Crippen LogP contribution in [0.4, 0.5) is 0 Å². The monoisotopic (exact) mass is 537 g/mol. The van der Waals surface area contributed by atoms with E-state index in [1.165, 1.54) is 0 Å². The molecule has 4 fully saturated rings. The molecule has 0 aromatic rings. The van der Waals surface area contributed by atoms with Gasteiger partial charge in [-0.15, -0.1) is 0 Å². The zero-order chi connectivity index (χ0) is 25.8. The van der Waals surface area contributed by atoms with Crippen molar-refractivity contribution < 1.29 is 62.6 Å². The topological polar surface area (TPSA) is 147 Å². The van der Waals surface area contributed by atoms with Gasteiger partial charge in [-0.2, -0.15) is 0 Å². The van der Waals surface area contributed by atoms with Crippen molar-refractivity contribution in [1.82, 2.24) is 5.32 Å². The number of rotatable bonds is 7. The molecule has 0 aromatic carbocycles. The third kappa shape index (κ3) is 5.74. The molecule has 4 rings (SSSR count). The van der Waals surface area contributed by atoms with Gasteiger partial charge in [-0.05, 0) is 97.7 Å². The van der Waals surface area contributed by atoms with E-state index >= 15 is 0 Å². The first-order chi connectivity index (χ1) is 16.3. The van der Waals surface area contributed by atoms with E-state index in [0.29, 0.717) is 18.8 Å². The van der Waals surface area contributed by atoms with Crippen LogP contribution in [-0.2, 0) is 14.9 Å². The van der Waals surface area contributed by atoms with Gasteiger partial charge in [0.2, 0.25) is 5.91 Å². The molecule has 0 radical (unpaired) electrons. The van der Waals surface area contributed by atoms with Crippen LogP contribution in [0.5, 0.6) is 0 Å². The van der Waals surface area contributed by atoms with Crippen LogP contribution in [0, 0.1) is 46.3 Å². The van der Waals surface area contributed by atoms with E-state index in [-0.39, 0.29) is 95.0 Å². The summed E-state index contributed by atoms with van der Waals surface area (Å²) < 4.78 is 32.2. The molecule has 4 saturated carbocycles. The van der Waals surface area contributed by atoms with E-state index in [1.807, 2.05) is 0 Å². The summed E-state index contributed by atoms with van der Waals surface area (Å²) in [5, 5.41) is 35.7. The summed E-state index contributed by atoms with van der Waals surface area (Å²) in [5.74, 6) is 0.522.